The van der Waals surface area contributed by atoms with E-state index in [0.29, 0.717) is 0 Å². The molecule has 2 aromatic heterocycles. The summed E-state index contributed by atoms with van der Waals surface area (Å²) in [6.45, 7) is -0.249. The van der Waals surface area contributed by atoms with Crippen LogP contribution in [0.25, 0.3) is 0 Å². The second-order valence-electron chi connectivity index (χ2n) is 3.56. The molecule has 0 bridgehead atoms. The molecule has 0 fully saturated rings. The highest BCUT2D eigenvalue weighted by molar-refractivity contribution is 7.89. The van der Waals surface area contributed by atoms with Gasteiger partial charge in [0.05, 0.1) is 11.7 Å². The molecule has 0 spiro atoms. The fourth-order valence-corrected chi connectivity index (χ4v) is 2.87. The first-order valence-corrected chi connectivity index (χ1v) is 7.45. The molecule has 10 heteroatoms. The number of aliphatic carboxylic acids is 1. The van der Waals surface area contributed by atoms with E-state index in [0.717, 1.165) is 15.8 Å². The van der Waals surface area contributed by atoms with Crippen LogP contribution < -0.4 is 4.72 Å². The van der Waals surface area contributed by atoms with Crippen molar-refractivity contribution in [3.05, 3.63) is 29.0 Å². The number of hydrogen-bond donors (Lipinski definition) is 2. The van der Waals surface area contributed by atoms with Gasteiger partial charge in [-0.25, -0.2) is 13.1 Å². The van der Waals surface area contributed by atoms with Crippen LogP contribution in [0.5, 0.6) is 0 Å². The topological polar surface area (TPSA) is 114 Å². The Hall–Kier alpha value is -1.78. The molecule has 2 rings (SSSR count). The third-order valence-electron chi connectivity index (χ3n) is 2.14. The number of sulfonamides is 1. The number of rotatable bonds is 6. The predicted molar refractivity (Wildman–Crippen MR) is 66.0 cm³/mol. The highest BCUT2D eigenvalue weighted by Crippen LogP contribution is 2.10. The van der Waals surface area contributed by atoms with Crippen LogP contribution >= 0.6 is 11.3 Å². The molecule has 0 aliphatic heterocycles. The molecule has 2 N–H and O–H groups in total. The smallest absolute Gasteiger partial charge is 0.325 e. The van der Waals surface area contributed by atoms with Crippen molar-refractivity contribution < 1.29 is 18.3 Å². The number of carboxylic acids is 1. The van der Waals surface area contributed by atoms with Gasteiger partial charge in [0.25, 0.3) is 0 Å². The lowest BCUT2D eigenvalue weighted by molar-refractivity contribution is -0.137. The van der Waals surface area contributed by atoms with Gasteiger partial charge in [-0.15, -0.1) is 11.3 Å². The normalized spacial score (nSPS) is 11.6. The third-order valence-corrected chi connectivity index (χ3v) is 4.27. The summed E-state index contributed by atoms with van der Waals surface area (Å²) in [5.74, 6) is -1.09. The molecular formula is C9H10N4O4S2. The summed E-state index contributed by atoms with van der Waals surface area (Å²) in [5, 5.41) is 12.3. The fourth-order valence-electron chi connectivity index (χ4n) is 1.29. The number of hydrogen-bond acceptors (Lipinski definition) is 6. The van der Waals surface area contributed by atoms with E-state index in [-0.39, 0.29) is 18.0 Å². The van der Waals surface area contributed by atoms with Crippen LogP contribution in [0.15, 0.2) is 29.0 Å². The van der Waals surface area contributed by atoms with Crippen LogP contribution in [0.2, 0.25) is 0 Å². The highest BCUT2D eigenvalue weighted by atomic mass is 32.2. The first-order valence-electron chi connectivity index (χ1n) is 5.08. The monoisotopic (exact) mass is 302 g/mol. The second-order valence-corrected chi connectivity index (χ2v) is 6.30. The summed E-state index contributed by atoms with van der Waals surface area (Å²) in [4.78, 5) is 15.0. The molecule has 102 valence electrons. The first-order chi connectivity index (χ1) is 8.97. The van der Waals surface area contributed by atoms with Crippen LogP contribution in [0.1, 0.15) is 4.88 Å². The van der Waals surface area contributed by atoms with E-state index < -0.39 is 16.0 Å². The maximum absolute atomic E-state index is 11.9. The minimum Gasteiger partial charge on any atom is -0.480 e. The maximum Gasteiger partial charge on any atom is 0.325 e. The molecule has 0 aromatic carbocycles. The van der Waals surface area contributed by atoms with E-state index in [1.54, 1.807) is 11.7 Å². The van der Waals surface area contributed by atoms with Gasteiger partial charge in [0.1, 0.15) is 11.4 Å². The Balaban J connectivity index is 2.06. The summed E-state index contributed by atoms with van der Waals surface area (Å²) in [7, 11) is -3.70. The molecule has 8 nitrogen and oxygen atoms in total. The summed E-state index contributed by atoms with van der Waals surface area (Å²) in [6.07, 6.45) is 3.85. The van der Waals surface area contributed by atoms with Crippen LogP contribution in [-0.4, -0.2) is 34.3 Å². The van der Waals surface area contributed by atoms with E-state index >= 15 is 0 Å². The van der Waals surface area contributed by atoms with Gasteiger partial charge in [0, 0.05) is 23.8 Å². The van der Waals surface area contributed by atoms with E-state index in [9.17, 15) is 13.2 Å². The van der Waals surface area contributed by atoms with Crippen LogP contribution in [0.4, 0.5) is 0 Å². The minimum atomic E-state index is -3.70. The van der Waals surface area contributed by atoms with Gasteiger partial charge in [-0.05, 0) is 0 Å². The zero-order valence-corrected chi connectivity index (χ0v) is 11.2. The molecule has 0 amide bonds. The van der Waals surface area contributed by atoms with E-state index in [4.69, 9.17) is 5.11 Å². The van der Waals surface area contributed by atoms with Crippen LogP contribution in [0.3, 0.4) is 0 Å². The zero-order chi connectivity index (χ0) is 13.9. The summed E-state index contributed by atoms with van der Waals surface area (Å²) in [6, 6.07) is 0. The van der Waals surface area contributed by atoms with Crippen molar-refractivity contribution in [2.24, 2.45) is 0 Å². The Labute approximate surface area is 112 Å². The predicted octanol–water partition coefficient (Wildman–Crippen LogP) is -0.0973. The molecule has 0 atom stereocenters. The lowest BCUT2D eigenvalue weighted by atomic mass is 10.6. The number of nitrogens with zero attached hydrogens (tertiary/aromatic N) is 3. The van der Waals surface area contributed by atoms with Gasteiger partial charge in [-0.3, -0.25) is 14.5 Å². The zero-order valence-electron chi connectivity index (χ0n) is 9.55. The highest BCUT2D eigenvalue weighted by Gasteiger charge is 2.17. The summed E-state index contributed by atoms with van der Waals surface area (Å²) < 4.78 is 27.2. The van der Waals surface area contributed by atoms with Crippen LogP contribution in [0, 0.1) is 0 Å². The minimum absolute atomic E-state index is 0.0711. The lowest BCUT2D eigenvalue weighted by Gasteiger charge is -2.02. The largest absolute Gasteiger partial charge is 0.480 e. The molecular weight excluding hydrogens is 292 g/mol. The second kappa shape index (κ2) is 5.47. The molecule has 0 unspecified atom stereocenters. The quantitative estimate of drug-likeness (QED) is 0.770. The summed E-state index contributed by atoms with van der Waals surface area (Å²) in [5.41, 5.74) is 1.61. The van der Waals surface area contributed by atoms with Crippen molar-refractivity contribution in [1.82, 2.24) is 19.5 Å². The average molecular weight is 302 g/mol. The van der Waals surface area contributed by atoms with Gasteiger partial charge >= 0.3 is 5.97 Å². The number of nitrogens with one attached hydrogen (secondary N) is 1. The Morgan fingerprint density at radius 2 is 2.26 bits per heavy atom. The van der Waals surface area contributed by atoms with Gasteiger partial charge in [0.2, 0.25) is 10.0 Å². The number of carbonyl (C=O) groups is 1. The Morgan fingerprint density at radius 1 is 1.47 bits per heavy atom. The standard InChI is InChI=1S/C9H10N4O4S2/c14-9(15)5-13-4-8(3-11-13)19(16,17)12-2-7-1-10-6-18-7/h1,3-4,6,12H,2,5H2,(H,14,15). The summed E-state index contributed by atoms with van der Waals surface area (Å²) >= 11 is 1.34. The molecule has 19 heavy (non-hydrogen) atoms. The van der Waals surface area contributed by atoms with Crippen molar-refractivity contribution in [2.45, 2.75) is 18.0 Å². The van der Waals surface area contributed by atoms with Gasteiger partial charge < -0.3 is 5.11 Å². The van der Waals surface area contributed by atoms with Crippen molar-refractivity contribution >= 4 is 27.3 Å². The van der Waals surface area contributed by atoms with Gasteiger partial charge in [-0.2, -0.15) is 5.10 Å². The van der Waals surface area contributed by atoms with Crippen molar-refractivity contribution in [1.29, 1.82) is 0 Å². The van der Waals surface area contributed by atoms with Gasteiger partial charge in [-0.1, -0.05) is 0 Å². The molecule has 0 aliphatic rings. The molecule has 0 saturated heterocycles. The average Bonchev–Trinajstić information content (AvgIpc) is 2.96. The van der Waals surface area contributed by atoms with Crippen molar-refractivity contribution in [3.8, 4) is 0 Å². The maximum atomic E-state index is 11.9. The SMILES string of the molecule is O=C(O)Cn1cc(S(=O)(=O)NCc2cncs2)cn1. The van der Waals surface area contributed by atoms with Crippen molar-refractivity contribution in [2.75, 3.05) is 0 Å². The van der Waals surface area contributed by atoms with Crippen molar-refractivity contribution in [3.63, 3.8) is 0 Å². The molecule has 2 aromatic rings. The third kappa shape index (κ3) is 3.59. The Morgan fingerprint density at radius 3 is 2.89 bits per heavy atom. The van der Waals surface area contributed by atoms with Gasteiger partial charge in [0.15, 0.2) is 0 Å². The van der Waals surface area contributed by atoms with E-state index in [2.05, 4.69) is 14.8 Å². The molecule has 0 saturated carbocycles. The molecule has 0 radical (unpaired) electrons. The Bertz CT molecular complexity index is 662. The fraction of sp³-hybridized carbons (Fsp3) is 0.222. The van der Waals surface area contributed by atoms with E-state index in [1.807, 2.05) is 0 Å². The Kier molecular flexibility index (Phi) is 3.93. The first kappa shape index (κ1) is 13.6. The lowest BCUT2D eigenvalue weighted by Crippen LogP contribution is -2.22. The molecule has 0 aliphatic carbocycles. The van der Waals surface area contributed by atoms with Crippen LogP contribution in [-0.2, 0) is 27.9 Å². The number of carboxylic acid groups (broad SMARTS) is 1. The number of aromatic nitrogens is 3. The molecule has 2 heterocycles. The number of thiazole rings is 1. The van der Waals surface area contributed by atoms with E-state index in [1.165, 1.54) is 17.5 Å².